The lowest BCUT2D eigenvalue weighted by atomic mass is 9.98. The molecule has 140 valence electrons. The summed E-state index contributed by atoms with van der Waals surface area (Å²) < 4.78 is 0. The molecule has 1 atom stereocenters. The SMILES string of the molecule is CCCCCCCCC/C=C/CC(CC(=O)O)C(=O)N(CC)CC. The van der Waals surface area contributed by atoms with Gasteiger partial charge in [-0.15, -0.1) is 0 Å². The summed E-state index contributed by atoms with van der Waals surface area (Å²) in [7, 11) is 0. The average molecular weight is 340 g/mol. The molecule has 0 aliphatic rings. The second-order valence-corrected chi connectivity index (χ2v) is 6.42. The monoisotopic (exact) mass is 339 g/mol. The third-order valence-corrected chi connectivity index (χ3v) is 4.41. The molecule has 1 N–H and O–H groups in total. The Kier molecular flexibility index (Phi) is 14.4. The zero-order chi connectivity index (χ0) is 18.2. The third-order valence-electron chi connectivity index (χ3n) is 4.41. The van der Waals surface area contributed by atoms with Crippen molar-refractivity contribution in [1.29, 1.82) is 0 Å². The zero-order valence-electron chi connectivity index (χ0n) is 15.9. The highest BCUT2D eigenvalue weighted by atomic mass is 16.4. The van der Waals surface area contributed by atoms with Gasteiger partial charge in [-0.1, -0.05) is 57.6 Å². The van der Waals surface area contributed by atoms with Crippen LogP contribution in [-0.4, -0.2) is 35.0 Å². The molecule has 1 amide bonds. The van der Waals surface area contributed by atoms with Crippen LogP contribution < -0.4 is 0 Å². The molecule has 0 radical (unpaired) electrons. The number of rotatable bonds is 15. The number of nitrogens with zero attached hydrogens (tertiary/aromatic N) is 1. The first-order chi connectivity index (χ1) is 11.6. The van der Waals surface area contributed by atoms with Crippen molar-refractivity contribution in [2.75, 3.05) is 13.1 Å². The van der Waals surface area contributed by atoms with Crippen molar-refractivity contribution in [3.63, 3.8) is 0 Å². The third kappa shape index (κ3) is 11.3. The van der Waals surface area contributed by atoms with E-state index < -0.39 is 11.9 Å². The summed E-state index contributed by atoms with van der Waals surface area (Å²) in [6, 6.07) is 0. The highest BCUT2D eigenvalue weighted by Gasteiger charge is 2.23. The molecule has 4 heteroatoms. The number of allylic oxidation sites excluding steroid dienone is 2. The fourth-order valence-electron chi connectivity index (χ4n) is 2.87. The topological polar surface area (TPSA) is 57.6 Å². The molecule has 0 bridgehead atoms. The van der Waals surface area contributed by atoms with Crippen LogP contribution in [0.1, 0.15) is 85.0 Å². The molecule has 24 heavy (non-hydrogen) atoms. The molecule has 0 aromatic heterocycles. The van der Waals surface area contributed by atoms with Crippen LogP contribution in [0.15, 0.2) is 12.2 Å². The average Bonchev–Trinajstić information content (AvgIpc) is 2.56. The van der Waals surface area contributed by atoms with Crippen LogP contribution >= 0.6 is 0 Å². The zero-order valence-corrected chi connectivity index (χ0v) is 15.9. The molecular formula is C20H37NO3. The molecule has 0 aromatic carbocycles. The molecule has 0 aromatic rings. The Hall–Kier alpha value is -1.32. The summed E-state index contributed by atoms with van der Waals surface area (Å²) >= 11 is 0. The highest BCUT2D eigenvalue weighted by Crippen LogP contribution is 2.15. The summed E-state index contributed by atoms with van der Waals surface area (Å²) in [5.74, 6) is -1.38. The maximum Gasteiger partial charge on any atom is 0.304 e. The lowest BCUT2D eigenvalue weighted by Crippen LogP contribution is -2.36. The second-order valence-electron chi connectivity index (χ2n) is 6.42. The van der Waals surface area contributed by atoms with Gasteiger partial charge in [-0.2, -0.15) is 0 Å². The smallest absolute Gasteiger partial charge is 0.304 e. The molecule has 0 aliphatic carbocycles. The maximum atomic E-state index is 12.4. The van der Waals surface area contributed by atoms with Crippen molar-refractivity contribution < 1.29 is 14.7 Å². The fraction of sp³-hybridized carbons (Fsp3) is 0.800. The lowest BCUT2D eigenvalue weighted by molar-refractivity contribution is -0.144. The van der Waals surface area contributed by atoms with Crippen molar-refractivity contribution in [2.24, 2.45) is 5.92 Å². The van der Waals surface area contributed by atoms with Gasteiger partial charge >= 0.3 is 5.97 Å². The Morgan fingerprint density at radius 1 is 0.917 bits per heavy atom. The molecule has 0 fully saturated rings. The molecule has 0 heterocycles. The van der Waals surface area contributed by atoms with Gasteiger partial charge in [0.15, 0.2) is 0 Å². The number of carbonyl (C=O) groups is 2. The Bertz CT molecular complexity index is 362. The van der Waals surface area contributed by atoms with Gasteiger partial charge in [0.05, 0.1) is 12.3 Å². The molecule has 0 aliphatic heterocycles. The Morgan fingerprint density at radius 2 is 1.50 bits per heavy atom. The summed E-state index contributed by atoms with van der Waals surface area (Å²) in [5, 5.41) is 9.03. The first-order valence-electron chi connectivity index (χ1n) is 9.72. The van der Waals surface area contributed by atoms with Crippen LogP contribution in [0.4, 0.5) is 0 Å². The van der Waals surface area contributed by atoms with Crippen molar-refractivity contribution in [3.8, 4) is 0 Å². The minimum absolute atomic E-state index is 0.0389. The van der Waals surface area contributed by atoms with Crippen LogP contribution in [0.3, 0.4) is 0 Å². The fourth-order valence-corrected chi connectivity index (χ4v) is 2.87. The van der Waals surface area contributed by atoms with Gasteiger partial charge in [-0.05, 0) is 33.1 Å². The largest absolute Gasteiger partial charge is 0.481 e. The van der Waals surface area contributed by atoms with E-state index >= 15 is 0 Å². The summed E-state index contributed by atoms with van der Waals surface area (Å²) in [4.78, 5) is 25.1. The van der Waals surface area contributed by atoms with Crippen LogP contribution in [-0.2, 0) is 9.59 Å². The number of carbonyl (C=O) groups excluding carboxylic acids is 1. The predicted molar refractivity (Wildman–Crippen MR) is 100 cm³/mol. The van der Waals surface area contributed by atoms with Gasteiger partial charge < -0.3 is 10.0 Å². The van der Waals surface area contributed by atoms with E-state index in [4.69, 9.17) is 5.11 Å². The van der Waals surface area contributed by atoms with Gasteiger partial charge in [0, 0.05) is 13.1 Å². The molecule has 0 rings (SSSR count). The van der Waals surface area contributed by atoms with Crippen LogP contribution in [0, 0.1) is 5.92 Å². The molecule has 1 unspecified atom stereocenters. The Labute approximate surface area is 148 Å². The Morgan fingerprint density at radius 3 is 2.04 bits per heavy atom. The number of unbranched alkanes of at least 4 members (excludes halogenated alkanes) is 7. The van der Waals surface area contributed by atoms with Gasteiger partial charge in [-0.25, -0.2) is 0 Å². The number of amides is 1. The van der Waals surface area contributed by atoms with Gasteiger partial charge in [0.2, 0.25) is 5.91 Å². The quantitative estimate of drug-likeness (QED) is 0.336. The summed E-state index contributed by atoms with van der Waals surface area (Å²) in [6.45, 7) is 7.35. The second kappa shape index (κ2) is 15.2. The number of carboxylic acids is 1. The number of hydrogen-bond acceptors (Lipinski definition) is 2. The first kappa shape index (κ1) is 22.7. The van der Waals surface area contributed by atoms with Crippen LogP contribution in [0.2, 0.25) is 0 Å². The molecule has 0 saturated carbocycles. The standard InChI is InChI=1S/C20H37NO3/c1-4-7-8-9-10-11-12-13-14-15-16-18(17-19(22)23)20(24)21(5-2)6-3/h14-15,18H,4-13,16-17H2,1-3H3,(H,22,23)/b15-14+. The minimum atomic E-state index is -0.902. The lowest BCUT2D eigenvalue weighted by Gasteiger charge is -2.23. The molecule has 4 nitrogen and oxygen atoms in total. The van der Waals surface area contributed by atoms with Crippen molar-refractivity contribution in [2.45, 2.75) is 85.0 Å². The van der Waals surface area contributed by atoms with E-state index in [9.17, 15) is 9.59 Å². The summed E-state index contributed by atoms with van der Waals surface area (Å²) in [5.41, 5.74) is 0. The van der Waals surface area contributed by atoms with Gasteiger partial charge in [0.1, 0.15) is 0 Å². The van der Waals surface area contributed by atoms with Gasteiger partial charge in [-0.3, -0.25) is 9.59 Å². The molecule has 0 saturated heterocycles. The van der Waals surface area contributed by atoms with E-state index in [1.165, 1.54) is 44.9 Å². The van der Waals surface area contributed by atoms with Crippen molar-refractivity contribution in [3.05, 3.63) is 12.2 Å². The van der Waals surface area contributed by atoms with Crippen LogP contribution in [0.5, 0.6) is 0 Å². The normalized spacial score (nSPS) is 12.5. The van der Waals surface area contributed by atoms with E-state index in [2.05, 4.69) is 13.0 Å². The highest BCUT2D eigenvalue weighted by molar-refractivity contribution is 5.83. The van der Waals surface area contributed by atoms with E-state index in [1.807, 2.05) is 19.9 Å². The number of carboxylic acid groups (broad SMARTS) is 1. The van der Waals surface area contributed by atoms with Crippen LogP contribution in [0.25, 0.3) is 0 Å². The van der Waals surface area contributed by atoms with E-state index in [0.29, 0.717) is 19.5 Å². The van der Waals surface area contributed by atoms with Crippen molar-refractivity contribution in [1.82, 2.24) is 4.90 Å². The van der Waals surface area contributed by atoms with Crippen molar-refractivity contribution >= 4 is 11.9 Å². The number of hydrogen-bond donors (Lipinski definition) is 1. The first-order valence-corrected chi connectivity index (χ1v) is 9.72. The Balaban J connectivity index is 4.09. The number of aliphatic carboxylic acids is 1. The van der Waals surface area contributed by atoms with E-state index in [-0.39, 0.29) is 12.3 Å². The summed E-state index contributed by atoms with van der Waals surface area (Å²) in [6.07, 6.45) is 14.6. The maximum absolute atomic E-state index is 12.4. The molecular weight excluding hydrogens is 302 g/mol. The molecule has 0 spiro atoms. The van der Waals surface area contributed by atoms with Gasteiger partial charge in [0.25, 0.3) is 0 Å². The predicted octanol–water partition coefficient (Wildman–Crippen LogP) is 5.03. The minimum Gasteiger partial charge on any atom is -0.481 e. The van der Waals surface area contributed by atoms with E-state index in [1.54, 1.807) is 4.90 Å². The van der Waals surface area contributed by atoms with E-state index in [0.717, 1.165) is 6.42 Å².